The average molecular weight is 148 g/mol. The molecule has 6 nitrogen and oxygen atoms in total. The van der Waals surface area contributed by atoms with Crippen LogP contribution in [0, 0.1) is 0 Å². The Labute approximate surface area is 54.9 Å². The molecule has 1 fully saturated rings. The molecular formula is C4H4O6. The van der Waals surface area contributed by atoms with Crippen LogP contribution in [0.5, 0.6) is 0 Å². The quantitative estimate of drug-likeness (QED) is 0.430. The van der Waals surface area contributed by atoms with E-state index in [9.17, 15) is 9.59 Å². The zero-order chi connectivity index (χ0) is 7.72. The number of carbonyl (C=O) groups excluding carboxylic acids is 1. The van der Waals surface area contributed by atoms with Gasteiger partial charge in [0, 0.05) is 0 Å². The molecule has 0 amide bonds. The number of carboxylic acids is 1. The van der Waals surface area contributed by atoms with Gasteiger partial charge in [0.2, 0.25) is 6.10 Å². The van der Waals surface area contributed by atoms with Crippen molar-refractivity contribution in [2.24, 2.45) is 0 Å². The number of hydrogen-bond donors (Lipinski definition) is 2. The third-order valence-electron chi connectivity index (χ3n) is 1.01. The fourth-order valence-corrected chi connectivity index (χ4v) is 0.501. The van der Waals surface area contributed by atoms with Crippen LogP contribution in [0.4, 0.5) is 0 Å². The number of aliphatic hydroxyl groups is 1. The standard InChI is InChI=1S/C4H4O6/c5-1-2(3(6)7)9-10-4(1)8/h1-2,5H,(H,6,7)/t1-,2+/m0/s1. The third kappa shape index (κ3) is 0.937. The highest BCUT2D eigenvalue weighted by Crippen LogP contribution is 2.11. The summed E-state index contributed by atoms with van der Waals surface area (Å²) >= 11 is 0. The van der Waals surface area contributed by atoms with E-state index in [0.717, 1.165) is 0 Å². The van der Waals surface area contributed by atoms with E-state index in [1.165, 1.54) is 0 Å². The van der Waals surface area contributed by atoms with Crippen LogP contribution in [0.3, 0.4) is 0 Å². The maximum Gasteiger partial charge on any atom is 0.374 e. The van der Waals surface area contributed by atoms with E-state index in [4.69, 9.17) is 10.2 Å². The van der Waals surface area contributed by atoms with Crippen molar-refractivity contribution >= 4 is 11.9 Å². The molecular weight excluding hydrogens is 144 g/mol. The minimum atomic E-state index is -1.71. The van der Waals surface area contributed by atoms with Gasteiger partial charge in [-0.2, -0.15) is 4.89 Å². The Kier molecular flexibility index (Phi) is 1.56. The third-order valence-corrected chi connectivity index (χ3v) is 1.01. The van der Waals surface area contributed by atoms with Crippen LogP contribution in [-0.4, -0.2) is 34.4 Å². The largest absolute Gasteiger partial charge is 0.479 e. The highest BCUT2D eigenvalue weighted by Gasteiger charge is 2.42. The molecule has 1 rings (SSSR count). The van der Waals surface area contributed by atoms with Gasteiger partial charge in [0.25, 0.3) is 0 Å². The maximum atomic E-state index is 10.2. The molecule has 0 aromatic heterocycles. The minimum Gasteiger partial charge on any atom is -0.479 e. The molecule has 6 heteroatoms. The molecule has 2 atom stereocenters. The minimum absolute atomic E-state index is 1.08. The number of hydrogen-bond acceptors (Lipinski definition) is 5. The maximum absolute atomic E-state index is 10.2. The van der Waals surface area contributed by atoms with Crippen molar-refractivity contribution in [3.8, 4) is 0 Å². The molecule has 56 valence electrons. The zero-order valence-corrected chi connectivity index (χ0v) is 4.68. The smallest absolute Gasteiger partial charge is 0.374 e. The van der Waals surface area contributed by atoms with Gasteiger partial charge in [-0.05, 0) is 0 Å². The van der Waals surface area contributed by atoms with E-state index in [0.29, 0.717) is 0 Å². The normalized spacial score (nSPS) is 31.9. The highest BCUT2D eigenvalue weighted by molar-refractivity contribution is 5.85. The van der Waals surface area contributed by atoms with Gasteiger partial charge in [-0.1, -0.05) is 0 Å². The SMILES string of the molecule is O=C1OO[C@@H](C(=O)O)[C@@H]1O. The first-order valence-corrected chi connectivity index (χ1v) is 2.41. The lowest BCUT2D eigenvalue weighted by atomic mass is 10.2. The van der Waals surface area contributed by atoms with Gasteiger partial charge < -0.3 is 10.2 Å². The van der Waals surface area contributed by atoms with Crippen LogP contribution < -0.4 is 0 Å². The van der Waals surface area contributed by atoms with Gasteiger partial charge in [0.1, 0.15) is 0 Å². The predicted molar refractivity (Wildman–Crippen MR) is 24.6 cm³/mol. The van der Waals surface area contributed by atoms with Gasteiger partial charge in [0.15, 0.2) is 6.10 Å². The fourth-order valence-electron chi connectivity index (χ4n) is 0.501. The monoisotopic (exact) mass is 148 g/mol. The molecule has 0 aromatic rings. The van der Waals surface area contributed by atoms with Crippen molar-refractivity contribution in [2.75, 3.05) is 0 Å². The Hall–Kier alpha value is -1.14. The summed E-state index contributed by atoms with van der Waals surface area (Å²) in [6.07, 6.45) is -3.30. The Morgan fingerprint density at radius 2 is 2.20 bits per heavy atom. The van der Waals surface area contributed by atoms with E-state index < -0.39 is 24.1 Å². The van der Waals surface area contributed by atoms with Gasteiger partial charge in [-0.15, -0.1) is 0 Å². The highest BCUT2D eigenvalue weighted by atomic mass is 17.2. The van der Waals surface area contributed by atoms with Gasteiger partial charge in [0.05, 0.1) is 0 Å². The van der Waals surface area contributed by atoms with E-state index in [-0.39, 0.29) is 0 Å². The second-order valence-corrected chi connectivity index (χ2v) is 1.70. The number of aliphatic carboxylic acids is 1. The molecule has 0 aliphatic carbocycles. The summed E-state index contributed by atoms with van der Waals surface area (Å²) in [5.41, 5.74) is 0. The van der Waals surface area contributed by atoms with Gasteiger partial charge >= 0.3 is 11.9 Å². The molecule has 1 heterocycles. The lowest BCUT2D eigenvalue weighted by Gasteiger charge is -1.99. The Morgan fingerprint density at radius 3 is 2.40 bits per heavy atom. The second kappa shape index (κ2) is 2.24. The van der Waals surface area contributed by atoms with Crippen LogP contribution in [0.15, 0.2) is 0 Å². The van der Waals surface area contributed by atoms with Crippen LogP contribution >= 0.6 is 0 Å². The number of carboxylic acid groups (broad SMARTS) is 1. The van der Waals surface area contributed by atoms with E-state index >= 15 is 0 Å². The molecule has 0 spiro atoms. The molecule has 1 aliphatic heterocycles. The summed E-state index contributed by atoms with van der Waals surface area (Å²) in [6.45, 7) is 0. The molecule has 2 N–H and O–H groups in total. The molecule has 1 aliphatic rings. The summed E-state index contributed by atoms with van der Waals surface area (Å²) in [6, 6.07) is 0. The summed E-state index contributed by atoms with van der Waals surface area (Å²) in [7, 11) is 0. The first kappa shape index (κ1) is 6.97. The Morgan fingerprint density at radius 1 is 1.60 bits per heavy atom. The second-order valence-electron chi connectivity index (χ2n) is 1.70. The molecule has 10 heavy (non-hydrogen) atoms. The van der Waals surface area contributed by atoms with Crippen molar-refractivity contribution in [3.63, 3.8) is 0 Å². The summed E-state index contributed by atoms with van der Waals surface area (Å²) in [5, 5.41) is 16.8. The topological polar surface area (TPSA) is 93.1 Å². The average Bonchev–Trinajstić information content (AvgIpc) is 2.14. The lowest BCUT2D eigenvalue weighted by molar-refractivity contribution is -0.262. The van der Waals surface area contributed by atoms with E-state index in [1.54, 1.807) is 0 Å². The summed E-state index contributed by atoms with van der Waals surface area (Å²) in [4.78, 5) is 28.0. The first-order valence-electron chi connectivity index (χ1n) is 2.41. The number of carbonyl (C=O) groups is 2. The Bertz CT molecular complexity index is 175. The molecule has 0 bridgehead atoms. The van der Waals surface area contributed by atoms with E-state index in [1.807, 2.05) is 0 Å². The first-order chi connectivity index (χ1) is 4.63. The molecule has 0 aromatic carbocycles. The van der Waals surface area contributed by atoms with Crippen molar-refractivity contribution in [3.05, 3.63) is 0 Å². The van der Waals surface area contributed by atoms with Gasteiger partial charge in [-0.3, -0.25) is 4.89 Å². The van der Waals surface area contributed by atoms with Crippen molar-refractivity contribution in [2.45, 2.75) is 12.2 Å². The van der Waals surface area contributed by atoms with Gasteiger partial charge in [-0.25, -0.2) is 9.59 Å². The molecule has 0 unspecified atom stereocenters. The molecule has 0 radical (unpaired) electrons. The van der Waals surface area contributed by atoms with Crippen LogP contribution in [0.25, 0.3) is 0 Å². The summed E-state index contributed by atoms with van der Waals surface area (Å²) in [5.74, 6) is -2.51. The van der Waals surface area contributed by atoms with Crippen LogP contribution in [0.2, 0.25) is 0 Å². The zero-order valence-electron chi connectivity index (χ0n) is 4.68. The molecule has 0 saturated carbocycles. The number of aliphatic hydroxyl groups excluding tert-OH is 1. The van der Waals surface area contributed by atoms with Crippen molar-refractivity contribution in [1.29, 1.82) is 0 Å². The van der Waals surface area contributed by atoms with Crippen molar-refractivity contribution in [1.82, 2.24) is 0 Å². The predicted octanol–water partition coefficient (Wildman–Crippen LogP) is -1.71. The van der Waals surface area contributed by atoms with E-state index in [2.05, 4.69) is 9.78 Å². The van der Waals surface area contributed by atoms with Crippen LogP contribution in [0.1, 0.15) is 0 Å². The molecule has 1 saturated heterocycles. The number of rotatable bonds is 1. The fraction of sp³-hybridized carbons (Fsp3) is 0.500. The Balaban J connectivity index is 2.66. The van der Waals surface area contributed by atoms with Crippen LogP contribution in [-0.2, 0) is 19.4 Å². The lowest BCUT2D eigenvalue weighted by Crippen LogP contribution is -2.33. The summed E-state index contributed by atoms with van der Waals surface area (Å²) < 4.78 is 0. The van der Waals surface area contributed by atoms with Crippen molar-refractivity contribution < 1.29 is 29.6 Å².